The van der Waals surface area contributed by atoms with Gasteiger partial charge in [-0.15, -0.1) is 0 Å². The van der Waals surface area contributed by atoms with Gasteiger partial charge >= 0.3 is 1.43 Å². The van der Waals surface area contributed by atoms with E-state index in [2.05, 4.69) is 24.2 Å². The molecule has 0 saturated carbocycles. The highest BCUT2D eigenvalue weighted by atomic mass is 35.5. The van der Waals surface area contributed by atoms with Gasteiger partial charge in [-0.2, -0.15) is 0 Å². The van der Waals surface area contributed by atoms with Crippen LogP contribution in [-0.4, -0.2) is 23.6 Å². The maximum Gasteiger partial charge on any atom is 1.00 e. The van der Waals surface area contributed by atoms with Gasteiger partial charge in [0.2, 0.25) is 0 Å². The predicted molar refractivity (Wildman–Crippen MR) is 79.6 cm³/mol. The van der Waals surface area contributed by atoms with Crippen LogP contribution in [0.2, 0.25) is 0 Å². The highest BCUT2D eigenvalue weighted by molar-refractivity contribution is 5.66. The van der Waals surface area contributed by atoms with Crippen molar-refractivity contribution in [1.82, 2.24) is 9.38 Å². The highest BCUT2D eigenvalue weighted by Crippen LogP contribution is 2.31. The number of hydrogen-bond donors (Lipinski definition) is 0. The molecule has 0 saturated heterocycles. The molecule has 0 spiro atoms. The molecule has 0 bridgehead atoms. The number of aromatic nitrogens is 2. The molecule has 1 aromatic carbocycles. The lowest BCUT2D eigenvalue weighted by atomic mass is 10.1. The van der Waals surface area contributed by atoms with Gasteiger partial charge in [0, 0.05) is 18.0 Å². The predicted octanol–water partition coefficient (Wildman–Crippen LogP) is 0.443. The average Bonchev–Trinajstić information content (AvgIpc) is 2.89. The molecule has 0 atom stereocenters. The molecule has 0 aliphatic carbocycles. The fraction of sp³-hybridized carbons (Fsp3) is 0.188. The molecule has 3 rings (SSSR count). The summed E-state index contributed by atoms with van der Waals surface area (Å²) in [5.41, 5.74) is 4.05. The summed E-state index contributed by atoms with van der Waals surface area (Å²) < 4.78 is 12.6. The lowest BCUT2D eigenvalue weighted by Gasteiger charge is -2.08. The normalized spacial score (nSPS) is 10.2. The lowest BCUT2D eigenvalue weighted by Crippen LogP contribution is -3.00. The van der Waals surface area contributed by atoms with Crippen molar-refractivity contribution < 1.29 is 23.3 Å². The zero-order valence-corrected chi connectivity index (χ0v) is 12.9. The molecule has 0 N–H and O–H groups in total. The maximum absolute atomic E-state index is 5.33. The van der Waals surface area contributed by atoms with Crippen molar-refractivity contribution in [3.63, 3.8) is 0 Å². The van der Waals surface area contributed by atoms with E-state index in [1.165, 1.54) is 5.56 Å². The molecule has 5 heteroatoms. The first kappa shape index (κ1) is 15.2. The molecule has 0 unspecified atom stereocenters. The Morgan fingerprint density at radius 3 is 2.48 bits per heavy atom. The van der Waals surface area contributed by atoms with Gasteiger partial charge in [0.15, 0.2) is 11.5 Å². The Labute approximate surface area is 131 Å². The summed E-state index contributed by atoms with van der Waals surface area (Å²) in [6, 6.07) is 9.88. The summed E-state index contributed by atoms with van der Waals surface area (Å²) >= 11 is 0. The number of ether oxygens (including phenoxy) is 2. The summed E-state index contributed by atoms with van der Waals surface area (Å²) in [6.07, 6.45) is 4.08. The van der Waals surface area contributed by atoms with E-state index in [-0.39, 0.29) is 13.8 Å². The molecule has 110 valence electrons. The number of hydrogen-bond acceptors (Lipinski definition) is 3. The Hall–Kier alpha value is -2.20. The largest absolute Gasteiger partial charge is 1.00 e. The van der Waals surface area contributed by atoms with Gasteiger partial charge in [0.25, 0.3) is 0 Å². The molecule has 2 aromatic heterocycles. The molecule has 0 fully saturated rings. The first-order chi connectivity index (χ1) is 9.71. The molecule has 21 heavy (non-hydrogen) atoms. The Balaban J connectivity index is 0.00000121. The van der Waals surface area contributed by atoms with Crippen molar-refractivity contribution >= 4 is 5.65 Å². The number of aryl methyl sites for hydroxylation is 1. The fourth-order valence-electron chi connectivity index (χ4n) is 2.24. The summed E-state index contributed by atoms with van der Waals surface area (Å²) in [7, 11) is 3.26. The number of fused-ring (bicyclic) bond motifs is 1. The van der Waals surface area contributed by atoms with Gasteiger partial charge in [0.1, 0.15) is 5.65 Å². The number of benzene rings is 1. The van der Waals surface area contributed by atoms with Gasteiger partial charge in [-0.3, -0.25) is 0 Å². The van der Waals surface area contributed by atoms with Crippen LogP contribution in [0.5, 0.6) is 11.5 Å². The van der Waals surface area contributed by atoms with E-state index < -0.39 is 0 Å². The minimum atomic E-state index is 0. The van der Waals surface area contributed by atoms with Crippen molar-refractivity contribution in [3.05, 3.63) is 48.3 Å². The van der Waals surface area contributed by atoms with Crippen LogP contribution in [0.25, 0.3) is 16.9 Å². The van der Waals surface area contributed by atoms with E-state index in [1.54, 1.807) is 14.2 Å². The number of imidazole rings is 1. The van der Waals surface area contributed by atoms with E-state index in [9.17, 15) is 0 Å². The number of pyridine rings is 1. The zero-order valence-electron chi connectivity index (χ0n) is 13.1. The minimum absolute atomic E-state index is 0. The Morgan fingerprint density at radius 2 is 1.76 bits per heavy atom. The van der Waals surface area contributed by atoms with Crippen LogP contribution < -0.4 is 21.9 Å². The number of rotatable bonds is 3. The summed E-state index contributed by atoms with van der Waals surface area (Å²) in [6.45, 7) is 2.07. The van der Waals surface area contributed by atoms with E-state index in [4.69, 9.17) is 9.47 Å². The SMILES string of the molecule is COc1ccc(-c2cn3cc(C)ccc3n2)cc1OC.[Cl-].[H+]. The molecular formula is C16H17ClN2O2. The van der Waals surface area contributed by atoms with E-state index in [1.807, 2.05) is 34.9 Å². The van der Waals surface area contributed by atoms with Crippen LogP contribution in [0.3, 0.4) is 0 Å². The molecule has 4 nitrogen and oxygen atoms in total. The molecule has 2 heterocycles. The van der Waals surface area contributed by atoms with Crippen molar-refractivity contribution in [3.8, 4) is 22.8 Å². The standard InChI is InChI=1S/C16H16N2O2.ClH/c1-11-4-7-16-17-13(10-18(16)9-11)12-5-6-14(19-2)15(8-12)20-3;/h4-10H,1-3H3;1H. The Bertz CT molecular complexity index is 774. The number of methoxy groups -OCH3 is 2. The number of nitrogens with zero attached hydrogens (tertiary/aromatic N) is 2. The second-order valence-corrected chi connectivity index (χ2v) is 4.67. The monoisotopic (exact) mass is 304 g/mol. The minimum Gasteiger partial charge on any atom is -1.00 e. The van der Waals surface area contributed by atoms with Gasteiger partial charge in [-0.05, 0) is 36.8 Å². The second kappa shape index (κ2) is 6.06. The molecular weight excluding hydrogens is 288 g/mol. The van der Waals surface area contributed by atoms with Crippen LogP contribution in [0, 0.1) is 6.92 Å². The van der Waals surface area contributed by atoms with Gasteiger partial charge in [-0.1, -0.05) is 6.07 Å². The molecule has 0 aliphatic heterocycles. The topological polar surface area (TPSA) is 35.8 Å². The van der Waals surface area contributed by atoms with E-state index in [0.29, 0.717) is 5.75 Å². The quantitative estimate of drug-likeness (QED) is 0.705. The van der Waals surface area contributed by atoms with Crippen molar-refractivity contribution in [1.29, 1.82) is 0 Å². The zero-order chi connectivity index (χ0) is 14.1. The summed E-state index contributed by atoms with van der Waals surface area (Å²) in [5, 5.41) is 0. The third kappa shape index (κ3) is 2.81. The lowest BCUT2D eigenvalue weighted by molar-refractivity contribution is -0.00000470. The second-order valence-electron chi connectivity index (χ2n) is 4.67. The first-order valence-corrected chi connectivity index (χ1v) is 6.39. The van der Waals surface area contributed by atoms with Crippen LogP contribution in [0.15, 0.2) is 42.7 Å². The van der Waals surface area contributed by atoms with Crippen molar-refractivity contribution in [2.45, 2.75) is 6.92 Å². The van der Waals surface area contributed by atoms with Crippen molar-refractivity contribution in [2.24, 2.45) is 0 Å². The van der Waals surface area contributed by atoms with Crippen LogP contribution in [0.4, 0.5) is 0 Å². The first-order valence-electron chi connectivity index (χ1n) is 6.39. The highest BCUT2D eigenvalue weighted by Gasteiger charge is 2.09. The van der Waals surface area contributed by atoms with E-state index >= 15 is 0 Å². The fourth-order valence-corrected chi connectivity index (χ4v) is 2.24. The van der Waals surface area contributed by atoms with E-state index in [0.717, 1.165) is 22.7 Å². The molecule has 0 radical (unpaired) electrons. The van der Waals surface area contributed by atoms with Crippen molar-refractivity contribution in [2.75, 3.05) is 14.2 Å². The summed E-state index contributed by atoms with van der Waals surface area (Å²) in [4.78, 5) is 4.62. The summed E-state index contributed by atoms with van der Waals surface area (Å²) in [5.74, 6) is 1.43. The maximum atomic E-state index is 5.33. The number of halogens is 1. The van der Waals surface area contributed by atoms with Crippen LogP contribution >= 0.6 is 0 Å². The molecule has 0 aliphatic rings. The van der Waals surface area contributed by atoms with Crippen LogP contribution in [-0.2, 0) is 0 Å². The van der Waals surface area contributed by atoms with Gasteiger partial charge in [0.05, 0.1) is 19.9 Å². The molecule has 3 aromatic rings. The van der Waals surface area contributed by atoms with Gasteiger partial charge in [-0.25, -0.2) is 4.98 Å². The van der Waals surface area contributed by atoms with Crippen LogP contribution in [0.1, 0.15) is 6.99 Å². The smallest absolute Gasteiger partial charge is 1.00 e. The Morgan fingerprint density at radius 1 is 1.00 bits per heavy atom. The third-order valence-electron chi connectivity index (χ3n) is 3.28. The van der Waals surface area contributed by atoms with Gasteiger partial charge < -0.3 is 26.3 Å². The molecule has 0 amide bonds. The average molecular weight is 305 g/mol. The Kier molecular flexibility index (Phi) is 4.38. The third-order valence-corrected chi connectivity index (χ3v) is 3.28.